The number of aromatic nitrogens is 3. The third-order valence-electron chi connectivity index (χ3n) is 16.3. The molecule has 4 aliphatic rings. The Kier molecular flexibility index (Phi) is 54.9. The van der Waals surface area contributed by atoms with Gasteiger partial charge in [-0.2, -0.15) is 0 Å². The van der Waals surface area contributed by atoms with Crippen LogP contribution in [-0.2, 0) is 94.0 Å². The highest BCUT2D eigenvalue weighted by atomic mass is 79.9. The predicted octanol–water partition coefficient (Wildman–Crippen LogP) is 12.9. The summed E-state index contributed by atoms with van der Waals surface area (Å²) < 4.78 is 68.4. The fourth-order valence-corrected chi connectivity index (χ4v) is 10.1. The Morgan fingerprint density at radius 2 is 0.832 bits per heavy atom. The summed E-state index contributed by atoms with van der Waals surface area (Å²) in [5, 5.41) is 20.1. The second-order valence-corrected chi connectivity index (χ2v) is 24.3. The highest BCUT2D eigenvalue weighted by molar-refractivity contribution is 9.09. The Hall–Kier alpha value is -5.36. The van der Waals surface area contributed by atoms with Crippen molar-refractivity contribution in [3.63, 3.8) is 0 Å². The topological polar surface area (TPSA) is 296 Å². The molecule has 20 unspecified atom stereocenters. The van der Waals surface area contributed by atoms with Crippen LogP contribution in [0, 0.1) is 84.4 Å². The quantitative estimate of drug-likeness (QED) is 0.0227. The van der Waals surface area contributed by atoms with E-state index in [2.05, 4.69) is 145 Å². The smallest absolute Gasteiger partial charge is 0.305 e. The average molecular weight is 1410 g/mol. The van der Waals surface area contributed by atoms with E-state index in [1.165, 1.54) is 53.9 Å². The summed E-state index contributed by atoms with van der Waals surface area (Å²) >= 11 is 3.25. The fraction of sp³-hybridized carbons (Fsp3) is 0.814. The molecule has 1 N–H and O–H groups in total. The zero-order valence-corrected chi connectivity index (χ0v) is 63.0. The molecule has 0 aliphatic carbocycles. The summed E-state index contributed by atoms with van der Waals surface area (Å²) in [5.74, 6) is 6.74. The van der Waals surface area contributed by atoms with E-state index in [0.717, 1.165) is 49.7 Å². The first-order valence-electron chi connectivity index (χ1n) is 33.7. The van der Waals surface area contributed by atoms with Crippen LogP contribution in [0.3, 0.4) is 0 Å². The van der Waals surface area contributed by atoms with Gasteiger partial charge in [-0.25, -0.2) is 0 Å². The average Bonchev–Trinajstić information content (AvgIpc) is 0.976. The van der Waals surface area contributed by atoms with E-state index in [-0.39, 0.29) is 98.3 Å². The molecule has 4 saturated heterocycles. The van der Waals surface area contributed by atoms with Crippen molar-refractivity contribution in [2.75, 3.05) is 31.7 Å². The molecule has 4 aliphatic heterocycles. The van der Waals surface area contributed by atoms with Crippen molar-refractivity contribution in [1.29, 1.82) is 0 Å². The van der Waals surface area contributed by atoms with Crippen molar-refractivity contribution < 1.29 is 85.9 Å². The number of azide groups is 1. The molecule has 0 radical (unpaired) electrons. The molecule has 20 atom stereocenters. The van der Waals surface area contributed by atoms with Crippen LogP contribution in [0.1, 0.15) is 209 Å². The molecule has 1 aromatic heterocycles. The normalized spacial score (nSPS) is 29.2. The van der Waals surface area contributed by atoms with Crippen LogP contribution in [0.25, 0.3) is 10.4 Å². The predicted molar refractivity (Wildman–Crippen MR) is 368 cm³/mol. The highest BCUT2D eigenvalue weighted by Gasteiger charge is 2.47. The molecule has 25 heteroatoms. The number of halogens is 1. The third-order valence-corrected chi connectivity index (χ3v) is 17.1. The Balaban J connectivity index is -0.00000109. The SMILES string of the molecule is C#CCO.C#CCOC1OC(CC)C(C)C(C)C1OC(C)=O.C#CCOC1OC(CC)C(C)C(C)C1OC(C)=O.CCC1OC(OC(C)=O)C(OC(C)=O)C(C)C1C.CCC1OC(OCc2cn(CC)nn2)C(OC(C)=O)C(C)C1C.CCCBr.CCCC.CCCN=[N+]=[N-]. The van der Waals surface area contributed by atoms with Crippen molar-refractivity contribution in [2.45, 2.75) is 291 Å². The zero-order chi connectivity index (χ0) is 73.3. The minimum Gasteiger partial charge on any atom is -0.457 e. The maximum absolute atomic E-state index is 11.4. The fourth-order valence-electron chi connectivity index (χ4n) is 10.1. The van der Waals surface area contributed by atoms with Gasteiger partial charge in [0.25, 0.3) is 0 Å². The van der Waals surface area contributed by atoms with Gasteiger partial charge in [0.05, 0.1) is 37.2 Å². The van der Waals surface area contributed by atoms with Crippen molar-refractivity contribution in [1.82, 2.24) is 15.0 Å². The zero-order valence-electron chi connectivity index (χ0n) is 61.4. The van der Waals surface area contributed by atoms with Crippen LogP contribution in [0.15, 0.2) is 11.3 Å². The van der Waals surface area contributed by atoms with Crippen LogP contribution in [0.5, 0.6) is 0 Å². The minimum atomic E-state index is -0.803. The number of nitrogens with zero attached hydrogens (tertiary/aromatic N) is 6. The number of rotatable bonds is 21. The molecule has 0 saturated carbocycles. The summed E-state index contributed by atoms with van der Waals surface area (Å²) in [6, 6.07) is 0. The highest BCUT2D eigenvalue weighted by Crippen LogP contribution is 2.38. The van der Waals surface area contributed by atoms with Gasteiger partial charge in [0.2, 0.25) is 6.29 Å². The van der Waals surface area contributed by atoms with Gasteiger partial charge in [0, 0.05) is 81.6 Å². The van der Waals surface area contributed by atoms with Gasteiger partial charge in [-0.15, -0.1) is 24.4 Å². The van der Waals surface area contributed by atoms with E-state index in [9.17, 15) is 24.0 Å². The van der Waals surface area contributed by atoms with E-state index in [4.69, 9.17) is 80.3 Å². The third kappa shape index (κ3) is 37.8. The summed E-state index contributed by atoms with van der Waals surface area (Å²) in [6.45, 7) is 43.9. The number of aliphatic hydroxyl groups excluding tert-OH is 1. The Morgan fingerprint density at radius 3 is 1.05 bits per heavy atom. The van der Waals surface area contributed by atoms with Gasteiger partial charge in [-0.1, -0.05) is 174 Å². The molecule has 0 amide bonds. The van der Waals surface area contributed by atoms with Crippen LogP contribution < -0.4 is 0 Å². The number of hydrogen-bond acceptors (Lipinski definition) is 21. The van der Waals surface area contributed by atoms with Crippen LogP contribution >= 0.6 is 15.9 Å². The second kappa shape index (κ2) is 55.6. The lowest BCUT2D eigenvalue weighted by Crippen LogP contribution is -2.52. The van der Waals surface area contributed by atoms with Gasteiger partial charge in [-0.3, -0.25) is 28.7 Å². The second-order valence-electron chi connectivity index (χ2n) is 23.5. The molecule has 0 spiro atoms. The molecule has 24 nitrogen and oxygen atoms in total. The largest absolute Gasteiger partial charge is 0.457 e. The lowest BCUT2D eigenvalue weighted by atomic mass is 9.82. The number of hydrogen-bond donors (Lipinski definition) is 1. The molecule has 0 bridgehead atoms. The van der Waals surface area contributed by atoms with Gasteiger partial charge in [0.15, 0.2) is 43.3 Å². The molecule has 5 heterocycles. The molecular weight excluding hydrogens is 1290 g/mol. The van der Waals surface area contributed by atoms with E-state index in [1.807, 2.05) is 39.8 Å². The molecule has 546 valence electrons. The first-order valence-corrected chi connectivity index (χ1v) is 34.8. The minimum absolute atomic E-state index is 0.0103. The monoisotopic (exact) mass is 1410 g/mol. The maximum Gasteiger partial charge on any atom is 0.305 e. The summed E-state index contributed by atoms with van der Waals surface area (Å²) in [4.78, 5) is 58.5. The maximum atomic E-state index is 11.4. The van der Waals surface area contributed by atoms with Crippen molar-refractivity contribution in [3.8, 4) is 37.0 Å². The lowest BCUT2D eigenvalue weighted by molar-refractivity contribution is -0.279. The Labute approximate surface area is 578 Å². The van der Waals surface area contributed by atoms with E-state index in [1.54, 1.807) is 4.68 Å². The number of terminal acetylenes is 3. The van der Waals surface area contributed by atoms with E-state index >= 15 is 0 Å². The summed E-state index contributed by atoms with van der Waals surface area (Å²) in [5.41, 5.74) is 8.39. The molecule has 5 rings (SSSR count). The number of esters is 5. The Morgan fingerprint density at radius 1 is 0.526 bits per heavy atom. The summed E-state index contributed by atoms with van der Waals surface area (Å²) in [6.07, 6.45) is 21.1. The van der Waals surface area contributed by atoms with Crippen molar-refractivity contribution in [2.24, 2.45) is 52.5 Å². The number of alkyl halides is 1. The van der Waals surface area contributed by atoms with Gasteiger partial charge < -0.3 is 61.9 Å². The molecule has 0 aromatic carbocycles. The van der Waals surface area contributed by atoms with E-state index < -0.39 is 61.5 Å². The first kappa shape index (κ1) is 93.8. The lowest BCUT2D eigenvalue weighted by Gasteiger charge is -2.43. The van der Waals surface area contributed by atoms with Crippen LogP contribution in [0.2, 0.25) is 0 Å². The number of aryl methyl sites for hydroxylation is 1. The van der Waals surface area contributed by atoms with Crippen LogP contribution in [-0.4, -0.2) is 156 Å². The molecule has 4 fully saturated rings. The molecular formula is C70H121BrN6O18. The number of unbranched alkanes of at least 4 members (excludes halogenated alkanes) is 1. The number of aliphatic hydroxyl groups is 1. The van der Waals surface area contributed by atoms with Gasteiger partial charge >= 0.3 is 29.8 Å². The Bertz CT molecular complexity index is 2340. The number of carbonyl (C=O) groups is 5. The standard InChI is InChI=1S/C16H27N3O4.2C14H22O4.C13H22O5.C4H10.C3H7Br.C3H7N3.C3H4O/c1-6-14-10(3)11(4)15(22-12(5)20)16(23-14)21-9-13-8-19(7-2)18-17-13;2*1-6-8-16-14-13(17-11(5)15)10(4)9(3)12(7-2)18-14;1-6-11-7(2)8(3)12(16-9(4)14)13(18-11)17-10(5)15;1-3-4-2;1-2-3-4;1-2-3-5-6-4;1-2-3-4/h8,10-11,14-16H,6-7,9H2,1-5H3;2*1,9-10,12-14H,7-8H2,2-5H3;7-8,11-13H,6H2,1-5H3;3-4H2,1-2H3;2-3H2,1H3;2-3H2,1H3;1,4H,3H2. The van der Waals surface area contributed by atoms with Crippen molar-refractivity contribution >= 4 is 45.8 Å². The summed E-state index contributed by atoms with van der Waals surface area (Å²) in [7, 11) is 0. The van der Waals surface area contributed by atoms with Crippen molar-refractivity contribution in [3.05, 3.63) is 22.3 Å². The first-order chi connectivity index (χ1) is 45.0. The van der Waals surface area contributed by atoms with Gasteiger partial charge in [-0.05, 0) is 68.2 Å². The van der Waals surface area contributed by atoms with Gasteiger partial charge in [0.1, 0.15) is 25.5 Å². The number of ether oxygens (including phenoxy) is 12. The number of carbonyl (C=O) groups excluding carboxylic acids is 5. The van der Waals surface area contributed by atoms with E-state index in [0.29, 0.717) is 24.3 Å². The van der Waals surface area contributed by atoms with Crippen LogP contribution in [0.4, 0.5) is 0 Å². The molecule has 95 heavy (non-hydrogen) atoms. The molecule has 1 aromatic rings.